The summed E-state index contributed by atoms with van der Waals surface area (Å²) in [6.07, 6.45) is 6.09. The summed E-state index contributed by atoms with van der Waals surface area (Å²) < 4.78 is 10.7. The van der Waals surface area contributed by atoms with E-state index in [4.69, 9.17) is 9.47 Å². The highest BCUT2D eigenvalue weighted by Crippen LogP contribution is 2.20. The molecule has 1 amide bonds. The second-order valence-electron chi connectivity index (χ2n) is 13.2. The largest absolute Gasteiger partial charge is 0.459 e. The van der Waals surface area contributed by atoms with Crippen molar-refractivity contribution in [2.45, 2.75) is 72.1 Å². The first-order valence-corrected chi connectivity index (χ1v) is 15.4. The highest BCUT2D eigenvalue weighted by Gasteiger charge is 2.22. The Labute approximate surface area is 266 Å². The van der Waals surface area contributed by atoms with Gasteiger partial charge in [-0.05, 0) is 83.7 Å². The fourth-order valence-electron chi connectivity index (χ4n) is 4.84. The molecule has 1 aliphatic heterocycles. The van der Waals surface area contributed by atoms with E-state index in [1.165, 1.54) is 11.9 Å². The molecule has 0 unspecified atom stereocenters. The molecular formula is C33H46N8O4. The summed E-state index contributed by atoms with van der Waals surface area (Å²) in [6, 6.07) is 10.2. The van der Waals surface area contributed by atoms with Crippen LogP contribution in [0.2, 0.25) is 0 Å². The SMILES string of the molecule is CC(C)(C)OC(=O)CN1CCN(Cc2cccc(Nc3ncnc(-c4cncc(CCCNC(=O)OC(C)(C)C)c4)n3)c2)CC1. The van der Waals surface area contributed by atoms with Gasteiger partial charge < -0.3 is 20.1 Å². The fraction of sp³-hybridized carbons (Fsp3) is 0.515. The van der Waals surface area contributed by atoms with Crippen molar-refractivity contribution in [1.82, 2.24) is 35.1 Å². The average molecular weight is 619 g/mol. The molecule has 3 heterocycles. The number of nitrogens with zero attached hydrogens (tertiary/aromatic N) is 6. The van der Waals surface area contributed by atoms with Crippen LogP contribution in [0.1, 0.15) is 59.1 Å². The molecule has 3 aromatic rings. The molecule has 1 saturated heterocycles. The molecule has 45 heavy (non-hydrogen) atoms. The Morgan fingerprint density at radius 1 is 0.889 bits per heavy atom. The Kier molecular flexibility index (Phi) is 11.4. The van der Waals surface area contributed by atoms with Gasteiger partial charge in [0.1, 0.15) is 17.5 Å². The number of amides is 1. The van der Waals surface area contributed by atoms with Crippen molar-refractivity contribution in [3.63, 3.8) is 0 Å². The van der Waals surface area contributed by atoms with Gasteiger partial charge in [0.25, 0.3) is 0 Å². The molecular weight excluding hydrogens is 572 g/mol. The van der Waals surface area contributed by atoms with Crippen molar-refractivity contribution in [2.75, 3.05) is 44.6 Å². The summed E-state index contributed by atoms with van der Waals surface area (Å²) in [6.45, 7) is 16.2. The first kappa shape index (κ1) is 33.7. The fourth-order valence-corrected chi connectivity index (χ4v) is 4.84. The molecule has 4 rings (SSSR count). The molecule has 0 aliphatic carbocycles. The molecule has 12 heteroatoms. The van der Waals surface area contributed by atoms with Gasteiger partial charge in [0.2, 0.25) is 5.95 Å². The zero-order valence-electron chi connectivity index (χ0n) is 27.3. The molecule has 1 aromatic carbocycles. The summed E-state index contributed by atoms with van der Waals surface area (Å²) in [5, 5.41) is 6.09. The normalized spacial score (nSPS) is 14.5. The van der Waals surface area contributed by atoms with Crippen LogP contribution in [0.25, 0.3) is 11.4 Å². The van der Waals surface area contributed by atoms with E-state index in [0.717, 1.165) is 62.4 Å². The molecule has 12 nitrogen and oxygen atoms in total. The Hall–Kier alpha value is -4.16. The van der Waals surface area contributed by atoms with Crippen LogP contribution in [0.15, 0.2) is 49.1 Å². The molecule has 0 atom stereocenters. The number of carbonyl (C=O) groups is 2. The number of esters is 1. The maximum Gasteiger partial charge on any atom is 0.407 e. The maximum atomic E-state index is 12.2. The van der Waals surface area contributed by atoms with Gasteiger partial charge in [-0.3, -0.25) is 19.6 Å². The van der Waals surface area contributed by atoms with Gasteiger partial charge in [0, 0.05) is 62.9 Å². The Bertz CT molecular complexity index is 1430. The van der Waals surface area contributed by atoms with Crippen LogP contribution in [0.4, 0.5) is 16.4 Å². The molecule has 0 bridgehead atoms. The van der Waals surface area contributed by atoms with Crippen molar-refractivity contribution < 1.29 is 19.1 Å². The van der Waals surface area contributed by atoms with Crippen LogP contribution >= 0.6 is 0 Å². The van der Waals surface area contributed by atoms with Crippen molar-refractivity contribution >= 4 is 23.7 Å². The number of benzene rings is 1. The Balaban J connectivity index is 1.27. The highest BCUT2D eigenvalue weighted by molar-refractivity contribution is 5.72. The number of piperazine rings is 1. The van der Waals surface area contributed by atoms with Crippen molar-refractivity contribution in [3.05, 3.63) is 60.2 Å². The first-order valence-electron chi connectivity index (χ1n) is 15.4. The van der Waals surface area contributed by atoms with E-state index in [1.54, 1.807) is 6.20 Å². The third kappa shape index (κ3) is 12.0. The number of anilines is 2. The number of hydrogen-bond donors (Lipinski definition) is 2. The van der Waals surface area contributed by atoms with E-state index >= 15 is 0 Å². The van der Waals surface area contributed by atoms with Gasteiger partial charge in [0.15, 0.2) is 5.82 Å². The number of aryl methyl sites for hydroxylation is 1. The topological polar surface area (TPSA) is 135 Å². The van der Waals surface area contributed by atoms with Gasteiger partial charge in [0.05, 0.1) is 6.54 Å². The minimum absolute atomic E-state index is 0.176. The van der Waals surface area contributed by atoms with Crippen molar-refractivity contribution in [3.8, 4) is 11.4 Å². The summed E-state index contributed by atoms with van der Waals surface area (Å²) in [5.41, 5.74) is 2.88. The summed E-state index contributed by atoms with van der Waals surface area (Å²) in [7, 11) is 0. The van der Waals surface area contributed by atoms with Gasteiger partial charge in [-0.25, -0.2) is 14.8 Å². The molecule has 2 N–H and O–H groups in total. The number of carbonyl (C=O) groups excluding carboxylic acids is 2. The van der Waals surface area contributed by atoms with Crippen molar-refractivity contribution in [2.24, 2.45) is 0 Å². The number of aromatic nitrogens is 4. The van der Waals surface area contributed by atoms with Gasteiger partial charge in [-0.15, -0.1) is 0 Å². The Morgan fingerprint density at radius 2 is 1.62 bits per heavy atom. The lowest BCUT2D eigenvalue weighted by Crippen LogP contribution is -2.48. The zero-order chi connectivity index (χ0) is 32.5. The van der Waals surface area contributed by atoms with Gasteiger partial charge in [-0.2, -0.15) is 4.98 Å². The highest BCUT2D eigenvalue weighted by atomic mass is 16.6. The molecule has 1 fully saturated rings. The smallest absolute Gasteiger partial charge is 0.407 e. The van der Waals surface area contributed by atoms with Crippen LogP contribution in [0.5, 0.6) is 0 Å². The second-order valence-corrected chi connectivity index (χ2v) is 13.2. The minimum atomic E-state index is -0.522. The van der Waals surface area contributed by atoms with Crippen molar-refractivity contribution in [1.29, 1.82) is 0 Å². The zero-order valence-corrected chi connectivity index (χ0v) is 27.3. The van der Waals surface area contributed by atoms with Crippen LogP contribution in [-0.2, 0) is 27.2 Å². The van der Waals surface area contributed by atoms with E-state index in [0.29, 0.717) is 24.9 Å². The number of pyridine rings is 1. The number of alkyl carbamates (subject to hydrolysis) is 1. The van der Waals surface area contributed by atoms with Crippen LogP contribution in [0, 0.1) is 0 Å². The lowest BCUT2D eigenvalue weighted by Gasteiger charge is -2.34. The predicted molar refractivity (Wildman–Crippen MR) is 173 cm³/mol. The quantitative estimate of drug-likeness (QED) is 0.231. The third-order valence-corrected chi connectivity index (χ3v) is 6.76. The molecule has 0 saturated carbocycles. The van der Waals surface area contributed by atoms with Crippen LogP contribution in [-0.4, -0.2) is 92.3 Å². The summed E-state index contributed by atoms with van der Waals surface area (Å²) in [5.74, 6) is 0.791. The van der Waals surface area contributed by atoms with E-state index < -0.39 is 17.3 Å². The van der Waals surface area contributed by atoms with Crippen LogP contribution < -0.4 is 10.6 Å². The lowest BCUT2D eigenvalue weighted by atomic mass is 10.1. The van der Waals surface area contributed by atoms with Gasteiger partial charge >= 0.3 is 12.1 Å². The van der Waals surface area contributed by atoms with E-state index in [9.17, 15) is 9.59 Å². The molecule has 0 spiro atoms. The number of hydrogen-bond acceptors (Lipinski definition) is 11. The molecule has 0 radical (unpaired) electrons. The Morgan fingerprint density at radius 3 is 2.36 bits per heavy atom. The van der Waals surface area contributed by atoms with Crippen LogP contribution in [0.3, 0.4) is 0 Å². The molecule has 242 valence electrons. The second kappa shape index (κ2) is 15.2. The minimum Gasteiger partial charge on any atom is -0.459 e. The lowest BCUT2D eigenvalue weighted by molar-refractivity contribution is -0.156. The first-order chi connectivity index (χ1) is 21.3. The van der Waals surface area contributed by atoms with E-state index in [2.05, 4.69) is 52.5 Å². The van der Waals surface area contributed by atoms with Gasteiger partial charge in [-0.1, -0.05) is 12.1 Å². The number of rotatable bonds is 11. The monoisotopic (exact) mass is 618 g/mol. The maximum absolute atomic E-state index is 12.2. The standard InChI is InChI=1S/C33H46N8O4/c1-32(2,3)44-28(42)22-41-15-13-40(14-16-41)21-25-9-7-11-27(18-25)38-30-37-23-36-29(39-30)26-17-24(19-34-20-26)10-8-12-35-31(43)45-33(4,5)6/h7,9,11,17-20,23H,8,10,12-16,21-22H2,1-6H3,(H,35,43)(H,36,37,38,39). The third-order valence-electron chi connectivity index (χ3n) is 6.76. The summed E-state index contributed by atoms with van der Waals surface area (Å²) >= 11 is 0. The molecule has 1 aliphatic rings. The van der Waals surface area contributed by atoms with E-state index in [-0.39, 0.29) is 5.97 Å². The number of ether oxygens (including phenoxy) is 2. The number of nitrogens with one attached hydrogen (secondary N) is 2. The molecule has 2 aromatic heterocycles. The predicted octanol–water partition coefficient (Wildman–Crippen LogP) is 4.59. The average Bonchev–Trinajstić information content (AvgIpc) is 2.95. The van der Waals surface area contributed by atoms with E-state index in [1.807, 2.05) is 65.9 Å². The summed E-state index contributed by atoms with van der Waals surface area (Å²) in [4.78, 5) is 46.3.